The Morgan fingerprint density at radius 1 is 1.11 bits per heavy atom. The Morgan fingerprint density at radius 2 is 1.78 bits per heavy atom. The van der Waals surface area contributed by atoms with Crippen LogP contribution in [0.4, 0.5) is 0 Å². The van der Waals surface area contributed by atoms with Gasteiger partial charge in [0, 0.05) is 6.04 Å². The summed E-state index contributed by atoms with van der Waals surface area (Å²) in [7, 11) is 0. The number of benzene rings is 1. The molecule has 0 fully saturated rings. The van der Waals surface area contributed by atoms with Gasteiger partial charge in [0.1, 0.15) is 11.5 Å². The van der Waals surface area contributed by atoms with Crippen LogP contribution in [0.3, 0.4) is 0 Å². The fourth-order valence-electron chi connectivity index (χ4n) is 1.62. The van der Waals surface area contributed by atoms with Crippen molar-refractivity contribution in [1.29, 1.82) is 0 Å². The number of hydrogen-bond donors (Lipinski definition) is 1. The van der Waals surface area contributed by atoms with Gasteiger partial charge in [0.2, 0.25) is 0 Å². The summed E-state index contributed by atoms with van der Waals surface area (Å²) < 4.78 is 5.70. The van der Waals surface area contributed by atoms with E-state index in [0.717, 1.165) is 23.6 Å². The number of pyridine rings is 1. The molecule has 0 unspecified atom stereocenters. The predicted molar refractivity (Wildman–Crippen MR) is 72.7 cm³/mol. The molecule has 2 rings (SSSR count). The summed E-state index contributed by atoms with van der Waals surface area (Å²) >= 11 is 0. The van der Waals surface area contributed by atoms with Crippen LogP contribution in [-0.2, 0) is 0 Å². The number of ether oxygens (including phenoxy) is 1. The van der Waals surface area contributed by atoms with E-state index in [4.69, 9.17) is 10.5 Å². The highest BCUT2D eigenvalue weighted by Crippen LogP contribution is 2.22. The van der Waals surface area contributed by atoms with Crippen molar-refractivity contribution in [3.8, 4) is 11.5 Å². The van der Waals surface area contributed by atoms with Crippen molar-refractivity contribution < 1.29 is 4.74 Å². The lowest BCUT2D eigenvalue weighted by atomic mass is 10.1. The van der Waals surface area contributed by atoms with E-state index in [2.05, 4.69) is 4.98 Å². The van der Waals surface area contributed by atoms with Gasteiger partial charge in [-0.15, -0.1) is 0 Å². The third-order valence-corrected chi connectivity index (χ3v) is 2.84. The van der Waals surface area contributed by atoms with Crippen LogP contribution in [0.5, 0.6) is 11.5 Å². The molecule has 0 spiro atoms. The summed E-state index contributed by atoms with van der Waals surface area (Å²) in [5.74, 6) is 1.54. The molecule has 0 saturated heterocycles. The number of aryl methyl sites for hydroxylation is 1. The smallest absolute Gasteiger partial charge is 0.145 e. The first-order valence-electron chi connectivity index (χ1n) is 6.15. The molecule has 1 atom stereocenters. The maximum atomic E-state index is 5.91. The molecule has 3 nitrogen and oxygen atoms in total. The second-order valence-corrected chi connectivity index (χ2v) is 4.35. The van der Waals surface area contributed by atoms with Gasteiger partial charge in [0.25, 0.3) is 0 Å². The van der Waals surface area contributed by atoms with Crippen molar-refractivity contribution in [3.05, 3.63) is 53.9 Å². The molecule has 2 aromatic rings. The summed E-state index contributed by atoms with van der Waals surface area (Å²) in [5.41, 5.74) is 8.02. The Hall–Kier alpha value is -1.87. The van der Waals surface area contributed by atoms with Gasteiger partial charge in [-0.05, 0) is 37.6 Å². The molecule has 0 radical (unpaired) electrons. The zero-order valence-electron chi connectivity index (χ0n) is 10.8. The monoisotopic (exact) mass is 242 g/mol. The van der Waals surface area contributed by atoms with Crippen molar-refractivity contribution in [1.82, 2.24) is 4.98 Å². The van der Waals surface area contributed by atoms with Crippen molar-refractivity contribution >= 4 is 0 Å². The molecule has 1 aromatic heterocycles. The fourth-order valence-corrected chi connectivity index (χ4v) is 1.62. The largest absolute Gasteiger partial charge is 0.456 e. The Labute approximate surface area is 108 Å². The van der Waals surface area contributed by atoms with Crippen LogP contribution >= 0.6 is 0 Å². The highest BCUT2D eigenvalue weighted by atomic mass is 16.5. The van der Waals surface area contributed by atoms with Crippen LogP contribution in [-0.4, -0.2) is 4.98 Å². The minimum absolute atomic E-state index is 0.00146. The fraction of sp³-hybridized carbons (Fsp3) is 0.267. The summed E-state index contributed by atoms with van der Waals surface area (Å²) in [5, 5.41) is 0. The highest BCUT2D eigenvalue weighted by molar-refractivity contribution is 5.32. The Balaban J connectivity index is 2.08. The zero-order chi connectivity index (χ0) is 13.0. The maximum Gasteiger partial charge on any atom is 0.145 e. The first kappa shape index (κ1) is 12.6. The molecule has 0 aliphatic carbocycles. The third kappa shape index (κ3) is 3.08. The van der Waals surface area contributed by atoms with Gasteiger partial charge in [-0.3, -0.25) is 4.98 Å². The van der Waals surface area contributed by atoms with E-state index in [1.54, 1.807) is 6.20 Å². The first-order valence-corrected chi connectivity index (χ1v) is 6.15. The Bertz CT molecular complexity index is 491. The SMILES string of the molecule is CC[C@@H](N)c1ccc(Oc2ccc(C)cc2)cn1. The van der Waals surface area contributed by atoms with Crippen molar-refractivity contribution in [2.75, 3.05) is 0 Å². The van der Waals surface area contributed by atoms with Gasteiger partial charge in [-0.2, -0.15) is 0 Å². The van der Waals surface area contributed by atoms with Gasteiger partial charge >= 0.3 is 0 Å². The van der Waals surface area contributed by atoms with E-state index in [-0.39, 0.29) is 6.04 Å². The summed E-state index contributed by atoms with van der Waals surface area (Å²) in [6.45, 7) is 4.09. The molecule has 18 heavy (non-hydrogen) atoms. The average molecular weight is 242 g/mol. The second kappa shape index (κ2) is 5.65. The molecular weight excluding hydrogens is 224 g/mol. The van der Waals surface area contributed by atoms with Gasteiger partial charge in [-0.25, -0.2) is 0 Å². The van der Waals surface area contributed by atoms with Crippen LogP contribution in [0.1, 0.15) is 30.6 Å². The minimum atomic E-state index is -0.00146. The second-order valence-electron chi connectivity index (χ2n) is 4.35. The maximum absolute atomic E-state index is 5.91. The van der Waals surface area contributed by atoms with Crippen LogP contribution in [0.2, 0.25) is 0 Å². The average Bonchev–Trinajstić information content (AvgIpc) is 2.41. The molecule has 1 aromatic carbocycles. The number of hydrogen-bond acceptors (Lipinski definition) is 3. The van der Waals surface area contributed by atoms with E-state index in [1.165, 1.54) is 5.56 Å². The molecule has 0 aliphatic rings. The van der Waals surface area contributed by atoms with Gasteiger partial charge in [0.15, 0.2) is 0 Å². The number of nitrogens with two attached hydrogens (primary N) is 1. The first-order chi connectivity index (χ1) is 8.69. The zero-order valence-corrected chi connectivity index (χ0v) is 10.8. The number of nitrogens with zero attached hydrogens (tertiary/aromatic N) is 1. The van der Waals surface area contributed by atoms with Crippen LogP contribution in [0, 0.1) is 6.92 Å². The summed E-state index contributed by atoms with van der Waals surface area (Å²) in [6.07, 6.45) is 2.59. The Morgan fingerprint density at radius 3 is 2.33 bits per heavy atom. The Kier molecular flexibility index (Phi) is 3.95. The summed E-state index contributed by atoms with van der Waals surface area (Å²) in [4.78, 5) is 4.31. The van der Waals surface area contributed by atoms with Crippen LogP contribution < -0.4 is 10.5 Å². The lowest BCUT2D eigenvalue weighted by molar-refractivity contribution is 0.479. The van der Waals surface area contributed by atoms with Crippen LogP contribution in [0.15, 0.2) is 42.6 Å². The quantitative estimate of drug-likeness (QED) is 0.891. The molecular formula is C15H18N2O. The van der Waals surface area contributed by atoms with E-state index >= 15 is 0 Å². The van der Waals surface area contributed by atoms with Gasteiger partial charge in [0.05, 0.1) is 11.9 Å². The third-order valence-electron chi connectivity index (χ3n) is 2.84. The van der Waals surface area contributed by atoms with E-state index in [9.17, 15) is 0 Å². The predicted octanol–water partition coefficient (Wildman–Crippen LogP) is 3.59. The molecule has 0 amide bonds. The standard InChI is InChI=1S/C15H18N2O/c1-3-14(16)15-9-8-13(10-17-15)18-12-6-4-11(2)5-7-12/h4-10,14H,3,16H2,1-2H3/t14-/m1/s1. The van der Waals surface area contributed by atoms with Crippen LogP contribution in [0.25, 0.3) is 0 Å². The molecule has 0 aliphatic heterocycles. The molecule has 1 heterocycles. The number of aromatic nitrogens is 1. The minimum Gasteiger partial charge on any atom is -0.456 e. The number of rotatable bonds is 4. The molecule has 3 heteroatoms. The van der Waals surface area contributed by atoms with Crippen molar-refractivity contribution in [3.63, 3.8) is 0 Å². The molecule has 2 N–H and O–H groups in total. The lowest BCUT2D eigenvalue weighted by Crippen LogP contribution is -2.10. The molecule has 94 valence electrons. The topological polar surface area (TPSA) is 48.1 Å². The van der Waals surface area contributed by atoms with E-state index in [1.807, 2.05) is 50.2 Å². The summed E-state index contributed by atoms with van der Waals surface area (Å²) in [6, 6.07) is 11.7. The molecule has 0 bridgehead atoms. The lowest BCUT2D eigenvalue weighted by Gasteiger charge is -2.09. The van der Waals surface area contributed by atoms with E-state index < -0.39 is 0 Å². The van der Waals surface area contributed by atoms with E-state index in [0.29, 0.717) is 0 Å². The van der Waals surface area contributed by atoms with Crippen molar-refractivity contribution in [2.24, 2.45) is 5.73 Å². The van der Waals surface area contributed by atoms with Crippen molar-refractivity contribution in [2.45, 2.75) is 26.3 Å². The van der Waals surface area contributed by atoms with Gasteiger partial charge in [-0.1, -0.05) is 24.6 Å². The van der Waals surface area contributed by atoms with Gasteiger partial charge < -0.3 is 10.5 Å². The highest BCUT2D eigenvalue weighted by Gasteiger charge is 2.05. The normalized spacial score (nSPS) is 12.2. The molecule has 0 saturated carbocycles.